The van der Waals surface area contributed by atoms with E-state index in [9.17, 15) is 14.7 Å². The van der Waals surface area contributed by atoms with Gasteiger partial charge in [0.1, 0.15) is 48.1 Å². The second-order valence-corrected chi connectivity index (χ2v) is 9.66. The van der Waals surface area contributed by atoms with Crippen LogP contribution in [0.4, 0.5) is 0 Å². The number of carbonyl (C=O) groups excluding carboxylic acids is 1. The predicted octanol–water partition coefficient (Wildman–Crippen LogP) is 1.63. The van der Waals surface area contributed by atoms with Crippen molar-refractivity contribution in [3.63, 3.8) is 0 Å². The number of carboxylic acids is 1. The molecule has 4 rings (SSSR count). The third kappa shape index (κ3) is 5.40. The highest BCUT2D eigenvalue weighted by atomic mass is 16.8. The topological polar surface area (TPSA) is 122 Å². The number of ether oxygens (including phenoxy) is 6. The standard InChI is InChI=1S/C23H31NO9/c1-12(25)24-18-20(28-11-17(26)27)19-16(10-29-23(4,5)33-19)31-21(18)30-14-7-6-13-9-22(2,3)32-15(13)8-14/h6-8,16,18-21H,9-11H2,1-5H3,(H,24,25)(H,26,27). The van der Waals surface area contributed by atoms with Crippen molar-refractivity contribution in [1.29, 1.82) is 0 Å². The predicted molar refractivity (Wildman–Crippen MR) is 114 cm³/mol. The molecule has 0 radical (unpaired) electrons. The van der Waals surface area contributed by atoms with E-state index in [1.54, 1.807) is 19.9 Å². The fraction of sp³-hybridized carbons (Fsp3) is 0.652. The molecule has 0 aromatic heterocycles. The molecule has 2 fully saturated rings. The number of benzene rings is 1. The molecule has 1 amide bonds. The first kappa shape index (κ1) is 23.7. The molecule has 1 aromatic carbocycles. The van der Waals surface area contributed by atoms with Crippen molar-refractivity contribution in [2.45, 2.75) is 83.1 Å². The minimum Gasteiger partial charge on any atom is -0.487 e. The lowest BCUT2D eigenvalue weighted by molar-refractivity contribution is -0.364. The number of carbonyl (C=O) groups is 2. The quantitative estimate of drug-likeness (QED) is 0.645. The summed E-state index contributed by atoms with van der Waals surface area (Å²) in [6.07, 6.45) is -2.29. The number of hydrogen-bond donors (Lipinski definition) is 2. The van der Waals surface area contributed by atoms with Crippen LogP contribution in [-0.2, 0) is 35.0 Å². The summed E-state index contributed by atoms with van der Waals surface area (Å²) in [7, 11) is 0. The van der Waals surface area contributed by atoms with E-state index in [1.807, 2.05) is 26.0 Å². The average molecular weight is 465 g/mol. The minimum absolute atomic E-state index is 0.193. The van der Waals surface area contributed by atoms with Crippen LogP contribution < -0.4 is 14.8 Å². The number of carboxylic acid groups (broad SMARTS) is 1. The van der Waals surface area contributed by atoms with Crippen LogP contribution in [0.2, 0.25) is 0 Å². The van der Waals surface area contributed by atoms with Crippen molar-refractivity contribution < 1.29 is 43.1 Å². The molecule has 1 aromatic rings. The molecule has 5 atom stereocenters. The Kier molecular flexibility index (Phi) is 6.30. The zero-order chi connectivity index (χ0) is 24.0. The Morgan fingerprint density at radius 2 is 2.00 bits per heavy atom. The summed E-state index contributed by atoms with van der Waals surface area (Å²) in [6, 6.07) is 4.71. The van der Waals surface area contributed by atoms with E-state index in [2.05, 4.69) is 5.32 Å². The van der Waals surface area contributed by atoms with Gasteiger partial charge in [0, 0.05) is 19.4 Å². The summed E-state index contributed by atoms with van der Waals surface area (Å²) in [6.45, 7) is 8.51. The molecule has 3 aliphatic rings. The first-order valence-corrected chi connectivity index (χ1v) is 11.0. The molecular formula is C23H31NO9. The maximum absolute atomic E-state index is 12.0. The molecule has 0 aliphatic carbocycles. The van der Waals surface area contributed by atoms with Gasteiger partial charge in [-0.3, -0.25) is 4.79 Å². The molecule has 0 saturated carbocycles. The molecule has 2 saturated heterocycles. The van der Waals surface area contributed by atoms with E-state index >= 15 is 0 Å². The Balaban J connectivity index is 1.61. The van der Waals surface area contributed by atoms with Gasteiger partial charge in [0.05, 0.1) is 6.61 Å². The lowest BCUT2D eigenvalue weighted by Gasteiger charge is -2.50. The van der Waals surface area contributed by atoms with Crippen LogP contribution in [0.3, 0.4) is 0 Å². The molecule has 10 heteroatoms. The van der Waals surface area contributed by atoms with Crippen LogP contribution in [-0.4, -0.2) is 72.2 Å². The molecule has 0 spiro atoms. The number of hydrogen-bond acceptors (Lipinski definition) is 8. The summed E-state index contributed by atoms with van der Waals surface area (Å²) in [5, 5.41) is 12.0. The van der Waals surface area contributed by atoms with Crippen LogP contribution in [0, 0.1) is 0 Å². The van der Waals surface area contributed by atoms with Crippen LogP contribution in [0.15, 0.2) is 18.2 Å². The van der Waals surface area contributed by atoms with E-state index in [0.717, 1.165) is 17.7 Å². The number of amides is 1. The zero-order valence-corrected chi connectivity index (χ0v) is 19.5. The number of aliphatic carboxylic acids is 1. The fourth-order valence-corrected chi connectivity index (χ4v) is 4.45. The van der Waals surface area contributed by atoms with Crippen molar-refractivity contribution in [2.24, 2.45) is 0 Å². The highest BCUT2D eigenvalue weighted by Crippen LogP contribution is 2.39. The second-order valence-electron chi connectivity index (χ2n) is 9.66. The van der Waals surface area contributed by atoms with Gasteiger partial charge < -0.3 is 38.8 Å². The third-order valence-electron chi connectivity index (χ3n) is 5.72. The van der Waals surface area contributed by atoms with Gasteiger partial charge in [-0.25, -0.2) is 4.79 Å². The third-order valence-corrected chi connectivity index (χ3v) is 5.72. The van der Waals surface area contributed by atoms with E-state index < -0.39 is 49.0 Å². The summed E-state index contributed by atoms with van der Waals surface area (Å²) < 4.78 is 35.7. The van der Waals surface area contributed by atoms with Crippen molar-refractivity contribution in [3.05, 3.63) is 23.8 Å². The summed E-state index contributed by atoms with van der Waals surface area (Å²) in [5.41, 5.74) is 0.780. The van der Waals surface area contributed by atoms with Gasteiger partial charge in [0.25, 0.3) is 0 Å². The van der Waals surface area contributed by atoms with Crippen molar-refractivity contribution in [2.75, 3.05) is 13.2 Å². The summed E-state index contributed by atoms with van der Waals surface area (Å²) in [5.74, 6) is -1.19. The van der Waals surface area contributed by atoms with Gasteiger partial charge in [-0.2, -0.15) is 0 Å². The van der Waals surface area contributed by atoms with Gasteiger partial charge >= 0.3 is 5.97 Å². The maximum Gasteiger partial charge on any atom is 0.329 e. The monoisotopic (exact) mass is 465 g/mol. The molecular weight excluding hydrogens is 434 g/mol. The zero-order valence-electron chi connectivity index (χ0n) is 19.5. The molecule has 182 valence electrons. The van der Waals surface area contributed by atoms with Crippen LogP contribution in [0.1, 0.15) is 40.2 Å². The Morgan fingerprint density at radius 3 is 2.70 bits per heavy atom. The highest BCUT2D eigenvalue weighted by molar-refractivity contribution is 5.73. The number of rotatable bonds is 6. The molecule has 3 heterocycles. The van der Waals surface area contributed by atoms with Gasteiger partial charge in [-0.1, -0.05) is 6.07 Å². The number of fused-ring (bicyclic) bond motifs is 2. The Hall–Kier alpha value is -2.40. The van der Waals surface area contributed by atoms with Crippen LogP contribution in [0.25, 0.3) is 0 Å². The minimum atomic E-state index is -1.14. The lowest BCUT2D eigenvalue weighted by atomic mass is 9.95. The summed E-state index contributed by atoms with van der Waals surface area (Å²) in [4.78, 5) is 23.3. The normalized spacial score (nSPS) is 31.6. The van der Waals surface area contributed by atoms with E-state index in [1.165, 1.54) is 6.92 Å². The fourth-order valence-electron chi connectivity index (χ4n) is 4.45. The van der Waals surface area contributed by atoms with Gasteiger partial charge in [-0.05, 0) is 39.3 Å². The molecule has 3 aliphatic heterocycles. The lowest BCUT2D eigenvalue weighted by Crippen LogP contribution is -2.69. The average Bonchev–Trinajstić information content (AvgIpc) is 3.00. The van der Waals surface area contributed by atoms with Crippen LogP contribution >= 0.6 is 0 Å². The first-order valence-electron chi connectivity index (χ1n) is 11.0. The highest BCUT2D eigenvalue weighted by Gasteiger charge is 2.53. The number of nitrogens with one attached hydrogen (secondary N) is 1. The molecule has 2 N–H and O–H groups in total. The van der Waals surface area contributed by atoms with E-state index in [-0.39, 0.29) is 18.1 Å². The first-order chi connectivity index (χ1) is 15.4. The van der Waals surface area contributed by atoms with Gasteiger partial charge in [-0.15, -0.1) is 0 Å². The van der Waals surface area contributed by atoms with E-state index in [4.69, 9.17) is 28.4 Å². The second kappa shape index (κ2) is 8.75. The largest absolute Gasteiger partial charge is 0.487 e. The van der Waals surface area contributed by atoms with Gasteiger partial charge in [0.2, 0.25) is 12.2 Å². The van der Waals surface area contributed by atoms with Crippen molar-refractivity contribution in [3.8, 4) is 11.5 Å². The Morgan fingerprint density at radius 1 is 1.24 bits per heavy atom. The van der Waals surface area contributed by atoms with E-state index in [0.29, 0.717) is 5.75 Å². The van der Waals surface area contributed by atoms with Gasteiger partial charge in [0.15, 0.2) is 5.79 Å². The van der Waals surface area contributed by atoms with Crippen molar-refractivity contribution in [1.82, 2.24) is 5.32 Å². The smallest absolute Gasteiger partial charge is 0.329 e. The molecule has 5 unspecified atom stereocenters. The van der Waals surface area contributed by atoms with Crippen LogP contribution in [0.5, 0.6) is 11.5 Å². The Bertz CT molecular complexity index is 915. The van der Waals surface area contributed by atoms with Crippen molar-refractivity contribution >= 4 is 11.9 Å². The molecule has 10 nitrogen and oxygen atoms in total. The Labute approximate surface area is 192 Å². The molecule has 33 heavy (non-hydrogen) atoms. The summed E-state index contributed by atoms with van der Waals surface area (Å²) >= 11 is 0. The molecule has 0 bridgehead atoms. The SMILES string of the molecule is CC(=O)NC1C(Oc2ccc3c(c2)OC(C)(C)C3)OC2COC(C)(C)OC2C1OCC(=O)O. The maximum atomic E-state index is 12.0.